The number of urea groups is 1. The molecule has 6 heteroatoms. The molecule has 0 heterocycles. The van der Waals surface area contributed by atoms with Crippen molar-refractivity contribution in [2.75, 3.05) is 19.5 Å². The number of rotatable bonds is 6. The second kappa shape index (κ2) is 7.91. The Morgan fingerprint density at radius 1 is 1.12 bits per heavy atom. The zero-order valence-electron chi connectivity index (χ0n) is 14.9. The fourth-order valence-electron chi connectivity index (χ4n) is 2.95. The molecule has 136 valence electrons. The third-order valence-electron chi connectivity index (χ3n) is 4.48. The Labute approximate surface area is 152 Å². The number of ether oxygens (including phenoxy) is 1. The van der Waals surface area contributed by atoms with Crippen LogP contribution >= 0.6 is 0 Å². The molecule has 1 aliphatic rings. The van der Waals surface area contributed by atoms with Crippen LogP contribution in [0.25, 0.3) is 0 Å². The van der Waals surface area contributed by atoms with E-state index in [0.717, 1.165) is 18.4 Å². The molecule has 0 saturated heterocycles. The van der Waals surface area contributed by atoms with Crippen molar-refractivity contribution in [3.05, 3.63) is 59.7 Å². The van der Waals surface area contributed by atoms with Crippen LogP contribution in [0.1, 0.15) is 34.8 Å². The summed E-state index contributed by atoms with van der Waals surface area (Å²) in [6.45, 7) is 0. The van der Waals surface area contributed by atoms with Gasteiger partial charge in [0.05, 0.1) is 18.8 Å². The zero-order valence-corrected chi connectivity index (χ0v) is 14.9. The lowest BCUT2D eigenvalue weighted by Crippen LogP contribution is -2.33. The van der Waals surface area contributed by atoms with E-state index >= 15 is 0 Å². The van der Waals surface area contributed by atoms with Crippen LogP contribution in [0, 0.1) is 5.92 Å². The number of anilines is 1. The quantitative estimate of drug-likeness (QED) is 0.745. The van der Waals surface area contributed by atoms with Gasteiger partial charge in [-0.05, 0) is 42.5 Å². The van der Waals surface area contributed by atoms with E-state index in [9.17, 15) is 9.59 Å². The number of benzene rings is 2. The number of amides is 3. The molecule has 6 nitrogen and oxygen atoms in total. The summed E-state index contributed by atoms with van der Waals surface area (Å²) in [6, 6.07) is 14.5. The van der Waals surface area contributed by atoms with Crippen molar-refractivity contribution in [2.45, 2.75) is 18.9 Å². The minimum Gasteiger partial charge on any atom is -0.495 e. The number of carbonyl (C=O) groups excluding carboxylic acids is 2. The zero-order chi connectivity index (χ0) is 18.5. The standard InChI is InChI=1S/C20H23N3O3/c1-21-19(24)15-10-11-17(26-2)16(12-15)22-20(25)23-18(14-8-9-14)13-6-4-3-5-7-13/h3-7,10-12,14,18H,8-9H2,1-2H3,(H,21,24)(H2,22,23,25). The van der Waals surface area contributed by atoms with E-state index in [0.29, 0.717) is 22.9 Å². The Bertz CT molecular complexity index is 788. The summed E-state index contributed by atoms with van der Waals surface area (Å²) in [5, 5.41) is 8.43. The van der Waals surface area contributed by atoms with Gasteiger partial charge in [-0.1, -0.05) is 30.3 Å². The van der Waals surface area contributed by atoms with Gasteiger partial charge in [-0.3, -0.25) is 4.79 Å². The van der Waals surface area contributed by atoms with Gasteiger partial charge in [-0.15, -0.1) is 0 Å². The van der Waals surface area contributed by atoms with Gasteiger partial charge in [0.2, 0.25) is 0 Å². The van der Waals surface area contributed by atoms with Crippen molar-refractivity contribution in [1.29, 1.82) is 0 Å². The predicted molar refractivity (Wildman–Crippen MR) is 100 cm³/mol. The summed E-state index contributed by atoms with van der Waals surface area (Å²) in [4.78, 5) is 24.4. The van der Waals surface area contributed by atoms with Crippen molar-refractivity contribution in [1.82, 2.24) is 10.6 Å². The van der Waals surface area contributed by atoms with Crippen LogP contribution in [-0.4, -0.2) is 26.1 Å². The second-order valence-electron chi connectivity index (χ2n) is 6.32. The summed E-state index contributed by atoms with van der Waals surface area (Å²) in [6.07, 6.45) is 2.21. The summed E-state index contributed by atoms with van der Waals surface area (Å²) in [5.41, 5.74) is 2.00. The Morgan fingerprint density at radius 3 is 2.46 bits per heavy atom. The summed E-state index contributed by atoms with van der Waals surface area (Å²) < 4.78 is 5.29. The molecule has 0 aromatic heterocycles. The largest absolute Gasteiger partial charge is 0.495 e. The van der Waals surface area contributed by atoms with Gasteiger partial charge in [-0.2, -0.15) is 0 Å². The van der Waals surface area contributed by atoms with Crippen molar-refractivity contribution in [3.63, 3.8) is 0 Å². The van der Waals surface area contributed by atoms with E-state index in [1.807, 2.05) is 30.3 Å². The van der Waals surface area contributed by atoms with Crippen molar-refractivity contribution >= 4 is 17.6 Å². The molecule has 0 spiro atoms. The van der Waals surface area contributed by atoms with E-state index < -0.39 is 0 Å². The lowest BCUT2D eigenvalue weighted by Gasteiger charge is -2.20. The molecule has 1 fully saturated rings. The van der Waals surface area contributed by atoms with Crippen LogP contribution in [0.2, 0.25) is 0 Å². The van der Waals surface area contributed by atoms with Crippen molar-refractivity contribution in [3.8, 4) is 5.75 Å². The Hall–Kier alpha value is -3.02. The molecule has 26 heavy (non-hydrogen) atoms. The number of hydrogen-bond donors (Lipinski definition) is 3. The molecule has 0 bridgehead atoms. The van der Waals surface area contributed by atoms with Gasteiger partial charge < -0.3 is 20.7 Å². The number of methoxy groups -OCH3 is 1. The lowest BCUT2D eigenvalue weighted by molar-refractivity contribution is 0.0963. The smallest absolute Gasteiger partial charge is 0.319 e. The highest BCUT2D eigenvalue weighted by Gasteiger charge is 2.33. The topological polar surface area (TPSA) is 79.5 Å². The summed E-state index contributed by atoms with van der Waals surface area (Å²) >= 11 is 0. The van der Waals surface area contributed by atoms with Gasteiger partial charge in [-0.25, -0.2) is 4.79 Å². The van der Waals surface area contributed by atoms with Crippen LogP contribution in [0.3, 0.4) is 0 Å². The first-order valence-corrected chi connectivity index (χ1v) is 8.65. The van der Waals surface area contributed by atoms with Crippen LogP contribution in [0.15, 0.2) is 48.5 Å². The van der Waals surface area contributed by atoms with Crippen LogP contribution in [0.4, 0.5) is 10.5 Å². The van der Waals surface area contributed by atoms with Crippen LogP contribution < -0.4 is 20.7 Å². The SMILES string of the molecule is CNC(=O)c1ccc(OC)c(NC(=O)NC(c2ccccc2)C2CC2)c1. The van der Waals surface area contributed by atoms with Gasteiger partial charge in [0.15, 0.2) is 0 Å². The molecule has 3 rings (SSSR count). The van der Waals surface area contributed by atoms with E-state index in [-0.39, 0.29) is 18.0 Å². The molecular formula is C20H23N3O3. The number of hydrogen-bond acceptors (Lipinski definition) is 3. The third kappa shape index (κ3) is 4.14. The molecule has 3 amide bonds. The normalized spacial score (nSPS) is 14.2. The molecule has 2 aromatic carbocycles. The van der Waals surface area contributed by atoms with E-state index in [1.165, 1.54) is 7.11 Å². The predicted octanol–water partition coefficient (Wildman–Crippen LogP) is 3.33. The Kier molecular flexibility index (Phi) is 5.41. The molecule has 0 aliphatic heterocycles. The molecule has 3 N–H and O–H groups in total. The van der Waals surface area contributed by atoms with E-state index in [1.54, 1.807) is 25.2 Å². The second-order valence-corrected chi connectivity index (χ2v) is 6.32. The van der Waals surface area contributed by atoms with Gasteiger partial charge >= 0.3 is 6.03 Å². The Balaban J connectivity index is 1.75. The van der Waals surface area contributed by atoms with Gasteiger partial charge in [0, 0.05) is 12.6 Å². The highest BCUT2D eigenvalue weighted by Crippen LogP contribution is 2.41. The number of nitrogens with one attached hydrogen (secondary N) is 3. The summed E-state index contributed by atoms with van der Waals surface area (Å²) in [5.74, 6) is 0.731. The minimum atomic E-state index is -0.321. The van der Waals surface area contributed by atoms with Crippen molar-refractivity contribution in [2.24, 2.45) is 5.92 Å². The molecule has 1 saturated carbocycles. The molecule has 1 atom stereocenters. The van der Waals surface area contributed by atoms with Crippen LogP contribution in [0.5, 0.6) is 5.75 Å². The van der Waals surface area contributed by atoms with Gasteiger partial charge in [0.25, 0.3) is 5.91 Å². The average molecular weight is 353 g/mol. The maximum Gasteiger partial charge on any atom is 0.319 e. The first-order chi connectivity index (χ1) is 12.6. The fourth-order valence-corrected chi connectivity index (χ4v) is 2.95. The van der Waals surface area contributed by atoms with E-state index in [2.05, 4.69) is 16.0 Å². The van der Waals surface area contributed by atoms with E-state index in [4.69, 9.17) is 4.74 Å². The highest BCUT2D eigenvalue weighted by molar-refractivity contribution is 5.98. The maximum atomic E-state index is 12.6. The first kappa shape index (κ1) is 17.8. The maximum absolute atomic E-state index is 12.6. The van der Waals surface area contributed by atoms with Crippen LogP contribution in [-0.2, 0) is 0 Å². The van der Waals surface area contributed by atoms with Gasteiger partial charge in [0.1, 0.15) is 5.75 Å². The highest BCUT2D eigenvalue weighted by atomic mass is 16.5. The monoisotopic (exact) mass is 353 g/mol. The Morgan fingerprint density at radius 2 is 1.85 bits per heavy atom. The third-order valence-corrected chi connectivity index (χ3v) is 4.48. The minimum absolute atomic E-state index is 0.0238. The fraction of sp³-hybridized carbons (Fsp3) is 0.300. The molecule has 1 aliphatic carbocycles. The molecule has 1 unspecified atom stereocenters. The molecule has 0 radical (unpaired) electrons. The average Bonchev–Trinajstić information content (AvgIpc) is 3.51. The summed E-state index contributed by atoms with van der Waals surface area (Å²) in [7, 11) is 3.08. The molecule has 2 aromatic rings. The first-order valence-electron chi connectivity index (χ1n) is 8.65. The van der Waals surface area contributed by atoms with Crippen molar-refractivity contribution < 1.29 is 14.3 Å². The lowest BCUT2D eigenvalue weighted by atomic mass is 10.0. The number of carbonyl (C=O) groups is 2. The molecular weight excluding hydrogens is 330 g/mol.